The number of ether oxygens (including phenoxy) is 1. The summed E-state index contributed by atoms with van der Waals surface area (Å²) in [6, 6.07) is 3.61. The first-order valence-corrected chi connectivity index (χ1v) is 5.35. The van der Waals surface area contributed by atoms with Crippen molar-refractivity contribution in [3.63, 3.8) is 0 Å². The molecule has 94 valence electrons. The molecule has 2 aromatic heterocycles. The normalized spacial score (nSPS) is 10.2. The summed E-state index contributed by atoms with van der Waals surface area (Å²) in [7, 11) is 2.98. The van der Waals surface area contributed by atoms with Gasteiger partial charge in [-0.1, -0.05) is 0 Å². The van der Waals surface area contributed by atoms with Gasteiger partial charge in [-0.25, -0.2) is 14.8 Å². The van der Waals surface area contributed by atoms with Gasteiger partial charge in [-0.2, -0.15) is 0 Å². The molecule has 18 heavy (non-hydrogen) atoms. The number of hydrogen-bond donors (Lipinski definition) is 1. The first-order valence-electron chi connectivity index (χ1n) is 5.35. The average molecular weight is 247 g/mol. The van der Waals surface area contributed by atoms with E-state index in [1.165, 1.54) is 13.3 Å². The van der Waals surface area contributed by atoms with Crippen LogP contribution in [-0.2, 0) is 4.74 Å². The first-order chi connectivity index (χ1) is 8.65. The third-order valence-corrected chi connectivity index (χ3v) is 2.39. The maximum atomic E-state index is 11.5. The fraction of sp³-hybridized carbons (Fsp3) is 0.250. The second kappa shape index (κ2) is 4.87. The molecule has 0 aliphatic carbocycles. The largest absolute Gasteiger partial charge is 0.465 e. The predicted molar refractivity (Wildman–Crippen MR) is 65.4 cm³/mol. The van der Waals surface area contributed by atoms with Crippen molar-refractivity contribution >= 4 is 11.8 Å². The van der Waals surface area contributed by atoms with E-state index in [1.54, 1.807) is 13.1 Å². The molecule has 0 bridgehead atoms. The lowest BCUT2D eigenvalue weighted by molar-refractivity contribution is 0.0601. The number of methoxy groups -OCH3 is 1. The summed E-state index contributed by atoms with van der Waals surface area (Å²) < 4.78 is 10.1. The maximum absolute atomic E-state index is 11.5. The number of nitrogens with one attached hydrogen (secondary N) is 1. The molecule has 0 saturated carbocycles. The second-order valence-electron chi connectivity index (χ2n) is 3.61. The molecule has 1 N–H and O–H groups in total. The Kier molecular flexibility index (Phi) is 3.27. The Morgan fingerprint density at radius 3 is 2.78 bits per heavy atom. The molecular weight excluding hydrogens is 234 g/mol. The van der Waals surface area contributed by atoms with Crippen LogP contribution >= 0.6 is 0 Å². The Labute approximate surface area is 104 Å². The van der Waals surface area contributed by atoms with Gasteiger partial charge in [-0.05, 0) is 19.1 Å². The Morgan fingerprint density at radius 1 is 1.44 bits per heavy atom. The maximum Gasteiger partial charge on any atom is 0.343 e. The van der Waals surface area contributed by atoms with Crippen molar-refractivity contribution in [1.82, 2.24) is 9.97 Å². The molecular formula is C12H13N3O3. The number of carbonyl (C=O) groups is 1. The molecule has 0 aliphatic heterocycles. The Morgan fingerprint density at radius 2 is 2.22 bits per heavy atom. The van der Waals surface area contributed by atoms with Crippen molar-refractivity contribution < 1.29 is 13.9 Å². The van der Waals surface area contributed by atoms with Crippen molar-refractivity contribution in [2.45, 2.75) is 6.92 Å². The van der Waals surface area contributed by atoms with Crippen molar-refractivity contribution in [2.75, 3.05) is 19.5 Å². The van der Waals surface area contributed by atoms with Gasteiger partial charge in [-0.15, -0.1) is 0 Å². The number of hydrogen-bond acceptors (Lipinski definition) is 6. The van der Waals surface area contributed by atoms with Crippen molar-refractivity contribution in [1.29, 1.82) is 0 Å². The summed E-state index contributed by atoms with van der Waals surface area (Å²) in [5.41, 5.74) is 0.284. The van der Waals surface area contributed by atoms with Crippen LogP contribution in [0.15, 0.2) is 22.7 Å². The molecule has 2 aromatic rings. The number of carbonyl (C=O) groups excluding carboxylic acids is 1. The highest BCUT2D eigenvalue weighted by Crippen LogP contribution is 2.21. The number of aryl methyl sites for hydroxylation is 1. The van der Waals surface area contributed by atoms with Gasteiger partial charge in [-0.3, -0.25) is 0 Å². The van der Waals surface area contributed by atoms with Gasteiger partial charge in [0.2, 0.25) is 0 Å². The fourth-order valence-corrected chi connectivity index (χ4v) is 1.51. The molecule has 0 fully saturated rings. The van der Waals surface area contributed by atoms with Crippen LogP contribution in [0.2, 0.25) is 0 Å². The number of rotatable bonds is 3. The Balaban J connectivity index is 2.44. The molecule has 0 aromatic carbocycles. The van der Waals surface area contributed by atoms with Gasteiger partial charge in [0.25, 0.3) is 0 Å². The van der Waals surface area contributed by atoms with E-state index in [1.807, 2.05) is 13.0 Å². The molecule has 6 nitrogen and oxygen atoms in total. The monoisotopic (exact) mass is 247 g/mol. The molecule has 0 saturated heterocycles. The molecule has 2 heterocycles. The quantitative estimate of drug-likeness (QED) is 0.834. The number of aromatic nitrogens is 2. The summed E-state index contributed by atoms with van der Waals surface area (Å²) in [6.45, 7) is 1.84. The number of furan rings is 1. The smallest absolute Gasteiger partial charge is 0.343 e. The van der Waals surface area contributed by atoms with Gasteiger partial charge in [0.05, 0.1) is 7.11 Å². The summed E-state index contributed by atoms with van der Waals surface area (Å²) in [6.07, 6.45) is 1.41. The number of nitrogens with zero attached hydrogens (tertiary/aromatic N) is 2. The van der Waals surface area contributed by atoms with Crippen LogP contribution in [0.4, 0.5) is 5.82 Å². The third-order valence-electron chi connectivity index (χ3n) is 2.39. The van der Waals surface area contributed by atoms with E-state index >= 15 is 0 Å². The van der Waals surface area contributed by atoms with Crippen molar-refractivity contribution in [3.05, 3.63) is 29.7 Å². The third kappa shape index (κ3) is 2.17. The van der Waals surface area contributed by atoms with E-state index in [4.69, 9.17) is 4.42 Å². The van der Waals surface area contributed by atoms with E-state index in [0.717, 1.165) is 5.76 Å². The van der Waals surface area contributed by atoms with Gasteiger partial charge in [0.1, 0.15) is 17.1 Å². The Hall–Kier alpha value is -2.37. The van der Waals surface area contributed by atoms with Gasteiger partial charge < -0.3 is 14.5 Å². The predicted octanol–water partition coefficient (Wildman–Crippen LogP) is 1.87. The van der Waals surface area contributed by atoms with E-state index < -0.39 is 5.97 Å². The van der Waals surface area contributed by atoms with Crippen LogP contribution in [0.25, 0.3) is 11.6 Å². The molecule has 0 unspecified atom stereocenters. The zero-order valence-corrected chi connectivity index (χ0v) is 10.4. The highest BCUT2D eigenvalue weighted by molar-refractivity contribution is 5.94. The van der Waals surface area contributed by atoms with Gasteiger partial charge >= 0.3 is 5.97 Å². The van der Waals surface area contributed by atoms with E-state index in [2.05, 4.69) is 20.0 Å². The van der Waals surface area contributed by atoms with E-state index in [9.17, 15) is 4.79 Å². The molecule has 0 spiro atoms. The minimum Gasteiger partial charge on any atom is -0.465 e. The molecule has 0 radical (unpaired) electrons. The lowest BCUT2D eigenvalue weighted by atomic mass is 10.3. The van der Waals surface area contributed by atoms with Gasteiger partial charge in [0.15, 0.2) is 11.6 Å². The van der Waals surface area contributed by atoms with Crippen LogP contribution in [0.5, 0.6) is 0 Å². The van der Waals surface area contributed by atoms with Crippen LogP contribution in [-0.4, -0.2) is 30.1 Å². The van der Waals surface area contributed by atoms with Crippen molar-refractivity contribution in [2.24, 2.45) is 0 Å². The Bertz CT molecular complexity index is 578. The van der Waals surface area contributed by atoms with E-state index in [-0.39, 0.29) is 5.56 Å². The highest BCUT2D eigenvalue weighted by Gasteiger charge is 2.16. The molecule has 6 heteroatoms. The van der Waals surface area contributed by atoms with Crippen LogP contribution < -0.4 is 5.32 Å². The SMILES string of the molecule is CNc1nc(-c2ccc(C)o2)ncc1C(=O)OC. The first kappa shape index (κ1) is 12.1. The van der Waals surface area contributed by atoms with Crippen molar-refractivity contribution in [3.8, 4) is 11.6 Å². The molecule has 0 atom stereocenters. The van der Waals surface area contributed by atoms with Crippen LogP contribution in [0.1, 0.15) is 16.1 Å². The number of anilines is 1. The van der Waals surface area contributed by atoms with Crippen LogP contribution in [0.3, 0.4) is 0 Å². The summed E-state index contributed by atoms with van der Waals surface area (Å²) >= 11 is 0. The zero-order valence-electron chi connectivity index (χ0n) is 10.4. The average Bonchev–Trinajstić information content (AvgIpc) is 2.83. The molecule has 2 rings (SSSR count). The topological polar surface area (TPSA) is 77.3 Å². The highest BCUT2D eigenvalue weighted by atomic mass is 16.5. The minimum atomic E-state index is -0.485. The molecule has 0 aliphatic rings. The second-order valence-corrected chi connectivity index (χ2v) is 3.61. The number of esters is 1. The van der Waals surface area contributed by atoms with Gasteiger partial charge in [0, 0.05) is 13.2 Å². The lowest BCUT2D eigenvalue weighted by Crippen LogP contribution is -2.09. The summed E-state index contributed by atoms with van der Waals surface area (Å²) in [4.78, 5) is 19.8. The minimum absolute atomic E-state index is 0.284. The fourth-order valence-electron chi connectivity index (χ4n) is 1.51. The molecule has 0 amide bonds. The summed E-state index contributed by atoms with van der Waals surface area (Å²) in [5, 5.41) is 2.83. The lowest BCUT2D eigenvalue weighted by Gasteiger charge is -2.06. The summed E-state index contributed by atoms with van der Waals surface area (Å²) in [5.74, 6) is 1.67. The standard InChI is InChI=1S/C12H13N3O3/c1-7-4-5-9(18-7)11-14-6-8(12(16)17-3)10(13-2)15-11/h4-6H,1-3H3,(H,13,14,15). The zero-order chi connectivity index (χ0) is 13.1. The van der Waals surface area contributed by atoms with E-state index in [0.29, 0.717) is 17.4 Å². The van der Waals surface area contributed by atoms with Crippen LogP contribution in [0, 0.1) is 6.92 Å².